The number of imide groups is 1. The SMILES string of the molecule is Cc1cccc(N2CCN(C(=O)CC[C@@H]3NC(=O)NC3=O)CC2)c1. The molecule has 4 amide bonds. The van der Waals surface area contributed by atoms with Crippen molar-refractivity contribution in [2.75, 3.05) is 31.1 Å². The summed E-state index contributed by atoms with van der Waals surface area (Å²) in [5.41, 5.74) is 2.41. The van der Waals surface area contributed by atoms with E-state index in [-0.39, 0.29) is 18.2 Å². The highest BCUT2D eigenvalue weighted by Gasteiger charge is 2.30. The quantitative estimate of drug-likeness (QED) is 0.794. The molecule has 3 rings (SSSR count). The molecule has 1 aromatic rings. The first-order valence-corrected chi connectivity index (χ1v) is 8.24. The largest absolute Gasteiger partial charge is 0.368 e. The van der Waals surface area contributed by atoms with Gasteiger partial charge in [-0.15, -0.1) is 0 Å². The predicted octanol–water partition coefficient (Wildman–Crippen LogP) is 0.632. The summed E-state index contributed by atoms with van der Waals surface area (Å²) in [5, 5.41) is 4.70. The highest BCUT2D eigenvalue weighted by atomic mass is 16.2. The minimum atomic E-state index is -0.588. The first kappa shape index (κ1) is 16.3. The van der Waals surface area contributed by atoms with Crippen molar-refractivity contribution in [3.05, 3.63) is 29.8 Å². The van der Waals surface area contributed by atoms with Crippen molar-refractivity contribution in [1.29, 1.82) is 0 Å². The van der Waals surface area contributed by atoms with Crippen molar-refractivity contribution < 1.29 is 14.4 Å². The van der Waals surface area contributed by atoms with Crippen molar-refractivity contribution >= 4 is 23.5 Å². The maximum Gasteiger partial charge on any atom is 0.322 e. The van der Waals surface area contributed by atoms with Crippen LogP contribution < -0.4 is 15.5 Å². The van der Waals surface area contributed by atoms with Crippen molar-refractivity contribution in [2.24, 2.45) is 0 Å². The Morgan fingerprint density at radius 1 is 1.21 bits per heavy atom. The second-order valence-corrected chi connectivity index (χ2v) is 6.26. The van der Waals surface area contributed by atoms with E-state index < -0.39 is 12.1 Å². The molecule has 0 aliphatic carbocycles. The summed E-state index contributed by atoms with van der Waals surface area (Å²) in [5.74, 6) is -0.315. The summed E-state index contributed by atoms with van der Waals surface area (Å²) in [6, 6.07) is 7.29. The Balaban J connectivity index is 1.47. The molecular weight excluding hydrogens is 308 g/mol. The van der Waals surface area contributed by atoms with Gasteiger partial charge in [-0.3, -0.25) is 14.9 Å². The third-order valence-electron chi connectivity index (χ3n) is 4.50. The van der Waals surface area contributed by atoms with Gasteiger partial charge in [0.05, 0.1) is 0 Å². The van der Waals surface area contributed by atoms with Gasteiger partial charge >= 0.3 is 6.03 Å². The van der Waals surface area contributed by atoms with Gasteiger partial charge in [-0.1, -0.05) is 12.1 Å². The minimum Gasteiger partial charge on any atom is -0.368 e. The van der Waals surface area contributed by atoms with Gasteiger partial charge in [-0.05, 0) is 31.0 Å². The number of hydrogen-bond acceptors (Lipinski definition) is 4. The monoisotopic (exact) mass is 330 g/mol. The first-order valence-electron chi connectivity index (χ1n) is 8.24. The molecule has 0 bridgehead atoms. The van der Waals surface area contributed by atoms with E-state index in [0.29, 0.717) is 19.5 Å². The molecule has 0 unspecified atom stereocenters. The third kappa shape index (κ3) is 3.67. The molecular formula is C17H22N4O3. The zero-order chi connectivity index (χ0) is 17.1. The van der Waals surface area contributed by atoms with Crippen molar-refractivity contribution in [3.63, 3.8) is 0 Å². The van der Waals surface area contributed by atoms with Gasteiger partial charge in [0.2, 0.25) is 5.91 Å². The molecule has 0 saturated carbocycles. The van der Waals surface area contributed by atoms with Crippen LogP contribution in [-0.4, -0.2) is 55.0 Å². The molecule has 1 atom stereocenters. The molecule has 2 heterocycles. The number of anilines is 1. The second-order valence-electron chi connectivity index (χ2n) is 6.26. The fourth-order valence-corrected chi connectivity index (χ4v) is 3.13. The average Bonchev–Trinajstić information content (AvgIpc) is 2.90. The summed E-state index contributed by atoms with van der Waals surface area (Å²) >= 11 is 0. The molecule has 2 aliphatic rings. The maximum atomic E-state index is 12.3. The van der Waals surface area contributed by atoms with E-state index in [0.717, 1.165) is 13.1 Å². The van der Waals surface area contributed by atoms with Crippen LogP contribution in [0.15, 0.2) is 24.3 Å². The van der Waals surface area contributed by atoms with Gasteiger partial charge in [0, 0.05) is 38.3 Å². The smallest absolute Gasteiger partial charge is 0.322 e. The standard InChI is InChI=1S/C17H22N4O3/c1-12-3-2-4-13(11-12)20-7-9-21(10-8-20)15(22)6-5-14-16(23)19-17(24)18-14/h2-4,11,14H,5-10H2,1H3,(H2,18,19,23,24)/t14-/m0/s1. The van der Waals surface area contributed by atoms with E-state index in [9.17, 15) is 14.4 Å². The van der Waals surface area contributed by atoms with Gasteiger partial charge in [-0.25, -0.2) is 4.79 Å². The lowest BCUT2D eigenvalue weighted by Gasteiger charge is -2.36. The van der Waals surface area contributed by atoms with Crippen LogP contribution in [-0.2, 0) is 9.59 Å². The number of rotatable bonds is 4. The number of nitrogens with one attached hydrogen (secondary N) is 2. The Labute approximate surface area is 141 Å². The minimum absolute atomic E-state index is 0.0350. The van der Waals surface area contributed by atoms with E-state index in [1.165, 1.54) is 11.3 Å². The summed E-state index contributed by atoms with van der Waals surface area (Å²) < 4.78 is 0. The maximum absolute atomic E-state index is 12.3. The normalized spacial score (nSPS) is 20.8. The Morgan fingerprint density at radius 2 is 1.96 bits per heavy atom. The lowest BCUT2D eigenvalue weighted by Crippen LogP contribution is -2.49. The molecule has 2 fully saturated rings. The zero-order valence-corrected chi connectivity index (χ0v) is 13.7. The summed E-state index contributed by atoms with van der Waals surface area (Å²) in [7, 11) is 0. The molecule has 0 aromatic heterocycles. The second kappa shape index (κ2) is 6.90. The number of benzene rings is 1. The Kier molecular flexibility index (Phi) is 4.69. The molecule has 2 N–H and O–H groups in total. The van der Waals surface area contributed by atoms with Crippen LogP contribution in [0, 0.1) is 6.92 Å². The molecule has 7 nitrogen and oxygen atoms in total. The molecule has 0 spiro atoms. The van der Waals surface area contributed by atoms with Crippen LogP contribution in [0.1, 0.15) is 18.4 Å². The van der Waals surface area contributed by atoms with Crippen LogP contribution in [0.5, 0.6) is 0 Å². The summed E-state index contributed by atoms with van der Waals surface area (Å²) in [6.07, 6.45) is 0.608. The number of carbonyl (C=O) groups is 3. The Morgan fingerprint density at radius 3 is 2.58 bits per heavy atom. The van der Waals surface area contributed by atoms with Crippen LogP contribution >= 0.6 is 0 Å². The van der Waals surface area contributed by atoms with Gasteiger partial charge in [0.15, 0.2) is 0 Å². The fraction of sp³-hybridized carbons (Fsp3) is 0.471. The molecule has 24 heavy (non-hydrogen) atoms. The topological polar surface area (TPSA) is 81.8 Å². The van der Waals surface area contributed by atoms with Crippen molar-refractivity contribution in [2.45, 2.75) is 25.8 Å². The third-order valence-corrected chi connectivity index (χ3v) is 4.50. The summed E-state index contributed by atoms with van der Waals surface area (Å²) in [4.78, 5) is 39.0. The van der Waals surface area contributed by atoms with Gasteiger partial charge in [-0.2, -0.15) is 0 Å². The lowest BCUT2D eigenvalue weighted by molar-refractivity contribution is -0.131. The van der Waals surface area contributed by atoms with E-state index >= 15 is 0 Å². The van der Waals surface area contributed by atoms with Gasteiger partial charge < -0.3 is 15.1 Å². The number of hydrogen-bond donors (Lipinski definition) is 2. The van der Waals surface area contributed by atoms with E-state index in [4.69, 9.17) is 0 Å². The number of amides is 4. The van der Waals surface area contributed by atoms with Gasteiger partial charge in [0.1, 0.15) is 6.04 Å². The molecule has 0 radical (unpaired) electrons. The van der Waals surface area contributed by atoms with Crippen LogP contribution in [0.3, 0.4) is 0 Å². The van der Waals surface area contributed by atoms with Crippen LogP contribution in [0.25, 0.3) is 0 Å². The highest BCUT2D eigenvalue weighted by molar-refractivity contribution is 6.04. The number of urea groups is 1. The van der Waals surface area contributed by atoms with Crippen molar-refractivity contribution in [3.8, 4) is 0 Å². The molecule has 2 aliphatic heterocycles. The number of piperazine rings is 1. The van der Waals surface area contributed by atoms with Crippen LogP contribution in [0.2, 0.25) is 0 Å². The Hall–Kier alpha value is -2.57. The molecule has 128 valence electrons. The average molecular weight is 330 g/mol. The first-order chi connectivity index (χ1) is 11.5. The summed E-state index contributed by atoms with van der Waals surface area (Å²) in [6.45, 7) is 5.03. The van der Waals surface area contributed by atoms with Gasteiger partial charge in [0.25, 0.3) is 5.91 Å². The molecule has 7 heteroatoms. The number of aryl methyl sites for hydroxylation is 1. The van der Waals surface area contributed by atoms with Crippen LogP contribution in [0.4, 0.5) is 10.5 Å². The predicted molar refractivity (Wildman–Crippen MR) is 89.7 cm³/mol. The van der Waals surface area contributed by atoms with E-state index in [1.54, 1.807) is 0 Å². The highest BCUT2D eigenvalue weighted by Crippen LogP contribution is 2.18. The van der Waals surface area contributed by atoms with Crippen molar-refractivity contribution in [1.82, 2.24) is 15.5 Å². The number of nitrogens with zero attached hydrogens (tertiary/aromatic N) is 2. The lowest BCUT2D eigenvalue weighted by atomic mass is 10.1. The molecule has 2 saturated heterocycles. The Bertz CT molecular complexity index is 653. The molecule has 1 aromatic carbocycles. The van der Waals surface area contributed by atoms with E-state index in [2.05, 4.69) is 40.7 Å². The fourth-order valence-electron chi connectivity index (χ4n) is 3.13. The zero-order valence-electron chi connectivity index (χ0n) is 13.7. The number of carbonyl (C=O) groups excluding carboxylic acids is 3. The van der Waals surface area contributed by atoms with E-state index in [1.807, 2.05) is 11.0 Å².